The Morgan fingerprint density at radius 1 is 0.390 bits per heavy atom. The molecular weight excluding hydrogens is 502 g/mol. The first kappa shape index (κ1) is 23.4. The second kappa shape index (κ2) is 9.58. The highest BCUT2D eigenvalue weighted by molar-refractivity contribution is 5.96. The van der Waals surface area contributed by atoms with Crippen LogP contribution in [0.1, 0.15) is 0 Å². The molecule has 8 rings (SSSR count). The number of hydrogen-bond donors (Lipinski definition) is 0. The average molecular weight is 528 g/mol. The van der Waals surface area contributed by atoms with Crippen molar-refractivity contribution in [1.29, 1.82) is 0 Å². The number of benzene rings is 7. The van der Waals surface area contributed by atoms with Crippen molar-refractivity contribution in [2.75, 3.05) is 4.90 Å². The summed E-state index contributed by atoms with van der Waals surface area (Å²) in [5.41, 5.74) is 5.31. The lowest BCUT2D eigenvalue weighted by Gasteiger charge is -2.28. The molecule has 0 radical (unpaired) electrons. The fraction of sp³-hybridized carbons (Fsp3) is 0. The summed E-state index contributed by atoms with van der Waals surface area (Å²) in [4.78, 5) is 2.25. The SMILES string of the molecule is c1ccc(-c2ccc(N(c3ccc4ccccc4c3)c3cccc4c3Oc3cccc5cccc(c35)O4)cc2)cc1. The zero-order chi connectivity index (χ0) is 27.2. The molecule has 0 unspecified atom stereocenters. The molecule has 7 aromatic carbocycles. The zero-order valence-electron chi connectivity index (χ0n) is 22.2. The summed E-state index contributed by atoms with van der Waals surface area (Å²) in [6.45, 7) is 0. The molecule has 0 saturated heterocycles. The van der Waals surface area contributed by atoms with E-state index in [0.717, 1.165) is 39.3 Å². The minimum absolute atomic E-state index is 0.677. The predicted octanol–water partition coefficient (Wildman–Crippen LogP) is 11.0. The van der Waals surface area contributed by atoms with Crippen LogP contribution in [0, 0.1) is 0 Å². The number of para-hydroxylation sites is 1. The Labute approximate surface area is 238 Å². The summed E-state index contributed by atoms with van der Waals surface area (Å²) >= 11 is 0. The highest BCUT2D eigenvalue weighted by atomic mass is 16.5. The molecule has 0 atom stereocenters. The number of ether oxygens (including phenoxy) is 2. The molecule has 0 N–H and O–H groups in total. The van der Waals surface area contributed by atoms with Gasteiger partial charge in [-0.3, -0.25) is 0 Å². The van der Waals surface area contributed by atoms with Gasteiger partial charge in [-0.2, -0.15) is 0 Å². The van der Waals surface area contributed by atoms with E-state index in [2.05, 4.69) is 114 Å². The van der Waals surface area contributed by atoms with E-state index in [0.29, 0.717) is 11.5 Å². The molecule has 41 heavy (non-hydrogen) atoms. The van der Waals surface area contributed by atoms with E-state index in [-0.39, 0.29) is 0 Å². The van der Waals surface area contributed by atoms with E-state index in [1.165, 1.54) is 21.9 Å². The summed E-state index contributed by atoms with van der Waals surface area (Å²) < 4.78 is 13.3. The van der Waals surface area contributed by atoms with Gasteiger partial charge in [-0.25, -0.2) is 0 Å². The first-order valence-corrected chi connectivity index (χ1v) is 13.8. The Bertz CT molecular complexity index is 2040. The third-order valence-corrected chi connectivity index (χ3v) is 7.68. The number of nitrogens with zero attached hydrogens (tertiary/aromatic N) is 1. The van der Waals surface area contributed by atoms with E-state index in [4.69, 9.17) is 9.47 Å². The molecule has 0 amide bonds. The van der Waals surface area contributed by atoms with E-state index in [1.54, 1.807) is 0 Å². The van der Waals surface area contributed by atoms with Gasteiger partial charge in [-0.15, -0.1) is 0 Å². The molecule has 3 nitrogen and oxygen atoms in total. The molecule has 0 spiro atoms. The monoisotopic (exact) mass is 527 g/mol. The number of anilines is 3. The van der Waals surface area contributed by atoms with Gasteiger partial charge in [0, 0.05) is 11.4 Å². The van der Waals surface area contributed by atoms with Crippen LogP contribution in [0.3, 0.4) is 0 Å². The standard InChI is InChI=1S/C38H25NO2/c1-2-9-26(10-3-1)28-19-22-31(23-20-28)39(32-24-21-27-11-4-5-12-30(27)25-32)33-15-8-18-36-38(33)41-35-17-7-14-29-13-6-16-34(40-36)37(29)35/h1-25H. The second-order valence-electron chi connectivity index (χ2n) is 10.2. The molecule has 0 bridgehead atoms. The predicted molar refractivity (Wildman–Crippen MR) is 168 cm³/mol. The second-order valence-corrected chi connectivity index (χ2v) is 10.2. The van der Waals surface area contributed by atoms with E-state index < -0.39 is 0 Å². The average Bonchev–Trinajstić information content (AvgIpc) is 3.20. The minimum Gasteiger partial charge on any atom is -0.453 e. The molecule has 194 valence electrons. The molecule has 0 aliphatic carbocycles. The van der Waals surface area contributed by atoms with E-state index >= 15 is 0 Å². The van der Waals surface area contributed by atoms with Gasteiger partial charge in [0.05, 0.1) is 11.1 Å². The molecule has 7 aromatic rings. The molecule has 3 heteroatoms. The molecule has 0 saturated carbocycles. The maximum Gasteiger partial charge on any atom is 0.193 e. The van der Waals surface area contributed by atoms with Gasteiger partial charge in [0.1, 0.15) is 11.5 Å². The largest absolute Gasteiger partial charge is 0.453 e. The Kier molecular flexibility index (Phi) is 5.46. The van der Waals surface area contributed by atoms with Crippen LogP contribution in [0.25, 0.3) is 32.7 Å². The van der Waals surface area contributed by atoms with Gasteiger partial charge in [-0.1, -0.05) is 103 Å². The summed E-state index contributed by atoms with van der Waals surface area (Å²) in [7, 11) is 0. The summed E-state index contributed by atoms with van der Waals surface area (Å²) in [6.07, 6.45) is 0. The lowest BCUT2D eigenvalue weighted by atomic mass is 10.0. The third-order valence-electron chi connectivity index (χ3n) is 7.68. The van der Waals surface area contributed by atoms with E-state index in [1.807, 2.05) is 42.5 Å². The van der Waals surface area contributed by atoms with Crippen molar-refractivity contribution < 1.29 is 9.47 Å². The van der Waals surface area contributed by atoms with Crippen LogP contribution in [0.15, 0.2) is 152 Å². The van der Waals surface area contributed by atoms with Crippen LogP contribution < -0.4 is 14.4 Å². The van der Waals surface area contributed by atoms with E-state index in [9.17, 15) is 0 Å². The van der Waals surface area contributed by atoms with Crippen molar-refractivity contribution in [2.24, 2.45) is 0 Å². The normalized spacial score (nSPS) is 11.8. The van der Waals surface area contributed by atoms with Gasteiger partial charge in [0.25, 0.3) is 0 Å². The lowest BCUT2D eigenvalue weighted by molar-refractivity contribution is 0.440. The minimum atomic E-state index is 0.677. The van der Waals surface area contributed by atoms with Gasteiger partial charge in [0.15, 0.2) is 11.5 Å². The highest BCUT2D eigenvalue weighted by Gasteiger charge is 2.25. The maximum atomic E-state index is 6.74. The van der Waals surface area contributed by atoms with Crippen LogP contribution in [0.4, 0.5) is 17.1 Å². The van der Waals surface area contributed by atoms with Crippen LogP contribution in [-0.2, 0) is 0 Å². The first-order valence-electron chi connectivity index (χ1n) is 13.8. The Hall–Kier alpha value is -5.54. The molecule has 1 heterocycles. The Morgan fingerprint density at radius 2 is 1.00 bits per heavy atom. The van der Waals surface area contributed by atoms with Gasteiger partial charge < -0.3 is 14.4 Å². The Morgan fingerprint density at radius 3 is 1.80 bits per heavy atom. The van der Waals surface area contributed by atoms with Crippen molar-refractivity contribution in [1.82, 2.24) is 0 Å². The lowest BCUT2D eigenvalue weighted by Crippen LogP contribution is -2.11. The van der Waals surface area contributed by atoms with Gasteiger partial charge in [0.2, 0.25) is 0 Å². The van der Waals surface area contributed by atoms with Gasteiger partial charge in [-0.05, 0) is 75.8 Å². The fourth-order valence-corrected chi connectivity index (χ4v) is 5.71. The molecule has 0 fully saturated rings. The van der Waals surface area contributed by atoms with Crippen LogP contribution in [0.5, 0.6) is 23.0 Å². The smallest absolute Gasteiger partial charge is 0.193 e. The van der Waals surface area contributed by atoms with Crippen molar-refractivity contribution >= 4 is 38.6 Å². The Balaban J connectivity index is 1.32. The van der Waals surface area contributed by atoms with Crippen molar-refractivity contribution in [3.8, 4) is 34.1 Å². The first-order chi connectivity index (χ1) is 20.3. The molecular formula is C38H25NO2. The van der Waals surface area contributed by atoms with Crippen LogP contribution >= 0.6 is 0 Å². The van der Waals surface area contributed by atoms with Crippen LogP contribution in [-0.4, -0.2) is 0 Å². The van der Waals surface area contributed by atoms with Crippen molar-refractivity contribution in [3.63, 3.8) is 0 Å². The number of fused-ring (bicyclic) bond motifs is 2. The summed E-state index contributed by atoms with van der Waals surface area (Å²) in [6, 6.07) is 52.5. The quantitative estimate of drug-likeness (QED) is 0.227. The molecule has 0 aromatic heterocycles. The number of hydrogen-bond acceptors (Lipinski definition) is 3. The maximum absolute atomic E-state index is 6.74. The molecule has 1 aliphatic heterocycles. The fourth-order valence-electron chi connectivity index (χ4n) is 5.71. The van der Waals surface area contributed by atoms with Crippen molar-refractivity contribution in [2.45, 2.75) is 0 Å². The topological polar surface area (TPSA) is 21.7 Å². The molecule has 1 aliphatic rings. The number of rotatable bonds is 4. The van der Waals surface area contributed by atoms with Crippen LogP contribution in [0.2, 0.25) is 0 Å². The summed E-state index contributed by atoms with van der Waals surface area (Å²) in [5, 5.41) is 4.43. The van der Waals surface area contributed by atoms with Crippen molar-refractivity contribution in [3.05, 3.63) is 152 Å². The summed E-state index contributed by atoms with van der Waals surface area (Å²) in [5.74, 6) is 2.93. The zero-order valence-corrected chi connectivity index (χ0v) is 22.2. The van der Waals surface area contributed by atoms with Gasteiger partial charge >= 0.3 is 0 Å². The third kappa shape index (κ3) is 4.07. The highest BCUT2D eigenvalue weighted by Crippen LogP contribution is 2.52.